The lowest BCUT2D eigenvalue weighted by Crippen LogP contribution is -2.48. The first-order valence-corrected chi connectivity index (χ1v) is 6.45. The molecule has 0 spiro atoms. The summed E-state index contributed by atoms with van der Waals surface area (Å²) in [5.74, 6) is 1.68. The van der Waals surface area contributed by atoms with Crippen LogP contribution in [-0.2, 0) is 4.74 Å². The number of ether oxygens (including phenoxy) is 1. The van der Waals surface area contributed by atoms with Gasteiger partial charge < -0.3 is 15.4 Å². The van der Waals surface area contributed by atoms with Gasteiger partial charge in [0.1, 0.15) is 0 Å². The molecule has 1 saturated heterocycles. The Morgan fingerprint density at radius 1 is 1.44 bits per heavy atom. The van der Waals surface area contributed by atoms with Gasteiger partial charge in [0.25, 0.3) is 0 Å². The van der Waals surface area contributed by atoms with Gasteiger partial charge in [0.15, 0.2) is 0 Å². The van der Waals surface area contributed by atoms with Crippen LogP contribution < -0.4 is 10.6 Å². The second-order valence-corrected chi connectivity index (χ2v) is 5.93. The van der Waals surface area contributed by atoms with E-state index in [1.54, 1.807) is 7.11 Å². The molecule has 0 aliphatic carbocycles. The van der Waals surface area contributed by atoms with E-state index in [4.69, 9.17) is 4.74 Å². The van der Waals surface area contributed by atoms with Crippen molar-refractivity contribution in [3.8, 4) is 0 Å². The number of hydrogen-bond donors (Lipinski definition) is 2. The number of nitrogens with one attached hydrogen (secondary N) is 2. The van der Waals surface area contributed by atoms with Gasteiger partial charge in [-0.25, -0.2) is 0 Å². The number of methoxy groups -OCH3 is 1. The molecule has 1 unspecified atom stereocenters. The average molecular weight is 228 g/mol. The normalized spacial score (nSPS) is 19.5. The summed E-state index contributed by atoms with van der Waals surface area (Å²) in [6, 6.07) is 0. The minimum Gasteiger partial charge on any atom is -0.385 e. The van der Waals surface area contributed by atoms with Crippen molar-refractivity contribution < 1.29 is 4.74 Å². The number of rotatable bonds is 8. The molecule has 3 nitrogen and oxygen atoms in total. The Labute approximate surface area is 100 Å². The predicted octanol–water partition coefficient (Wildman–Crippen LogP) is 1.49. The van der Waals surface area contributed by atoms with Crippen LogP contribution in [0.25, 0.3) is 0 Å². The van der Waals surface area contributed by atoms with Crippen molar-refractivity contribution in [2.24, 2.45) is 17.3 Å². The van der Waals surface area contributed by atoms with Crippen molar-refractivity contribution in [2.45, 2.75) is 27.2 Å². The largest absolute Gasteiger partial charge is 0.385 e. The number of hydrogen-bond acceptors (Lipinski definition) is 3. The molecule has 1 aliphatic heterocycles. The molecule has 3 heteroatoms. The fourth-order valence-corrected chi connectivity index (χ4v) is 1.99. The van der Waals surface area contributed by atoms with E-state index >= 15 is 0 Å². The van der Waals surface area contributed by atoms with Gasteiger partial charge in [-0.2, -0.15) is 0 Å². The predicted molar refractivity (Wildman–Crippen MR) is 68.7 cm³/mol. The highest BCUT2D eigenvalue weighted by atomic mass is 16.5. The monoisotopic (exact) mass is 228 g/mol. The topological polar surface area (TPSA) is 33.3 Å². The lowest BCUT2D eigenvalue weighted by atomic mass is 9.87. The minimum absolute atomic E-state index is 0.341. The fourth-order valence-electron chi connectivity index (χ4n) is 1.99. The van der Waals surface area contributed by atoms with Crippen LogP contribution in [0.1, 0.15) is 27.2 Å². The lowest BCUT2D eigenvalue weighted by Gasteiger charge is -2.33. The maximum atomic E-state index is 5.13. The molecule has 0 aromatic carbocycles. The van der Waals surface area contributed by atoms with Crippen LogP contribution in [0.3, 0.4) is 0 Å². The Hall–Kier alpha value is -0.120. The smallest absolute Gasteiger partial charge is 0.0467 e. The summed E-state index contributed by atoms with van der Waals surface area (Å²) in [7, 11) is 1.77. The van der Waals surface area contributed by atoms with Crippen molar-refractivity contribution in [1.82, 2.24) is 10.6 Å². The molecule has 1 atom stereocenters. The average Bonchev–Trinajstić information content (AvgIpc) is 2.11. The van der Waals surface area contributed by atoms with Crippen molar-refractivity contribution in [3.05, 3.63) is 0 Å². The summed E-state index contributed by atoms with van der Waals surface area (Å²) in [5, 5.41) is 6.93. The Morgan fingerprint density at radius 2 is 2.12 bits per heavy atom. The van der Waals surface area contributed by atoms with Crippen molar-refractivity contribution in [3.63, 3.8) is 0 Å². The van der Waals surface area contributed by atoms with E-state index in [-0.39, 0.29) is 0 Å². The zero-order chi connectivity index (χ0) is 12.0. The molecule has 1 heterocycles. The van der Waals surface area contributed by atoms with Crippen LogP contribution in [0, 0.1) is 17.3 Å². The molecule has 0 bridgehead atoms. The third-order valence-corrected chi connectivity index (χ3v) is 3.67. The highest BCUT2D eigenvalue weighted by Gasteiger charge is 2.24. The summed E-state index contributed by atoms with van der Waals surface area (Å²) < 4.78 is 5.13. The Morgan fingerprint density at radius 3 is 2.62 bits per heavy atom. The van der Waals surface area contributed by atoms with Gasteiger partial charge in [-0.3, -0.25) is 0 Å². The van der Waals surface area contributed by atoms with Gasteiger partial charge in [-0.15, -0.1) is 0 Å². The van der Waals surface area contributed by atoms with Crippen LogP contribution in [-0.4, -0.2) is 39.9 Å². The molecule has 1 aliphatic rings. The summed E-state index contributed by atoms with van der Waals surface area (Å²) in [6.07, 6.45) is 1.12. The van der Waals surface area contributed by atoms with E-state index in [1.165, 1.54) is 13.1 Å². The van der Waals surface area contributed by atoms with Crippen LogP contribution in [0.5, 0.6) is 0 Å². The molecule has 0 saturated carbocycles. The van der Waals surface area contributed by atoms with Crippen LogP contribution in [0.2, 0.25) is 0 Å². The van der Waals surface area contributed by atoms with E-state index in [2.05, 4.69) is 31.4 Å². The van der Waals surface area contributed by atoms with Gasteiger partial charge >= 0.3 is 0 Å². The summed E-state index contributed by atoms with van der Waals surface area (Å²) in [5.41, 5.74) is 0.341. The molecule has 0 aromatic heterocycles. The first-order chi connectivity index (χ1) is 7.55. The fraction of sp³-hybridized carbons (Fsp3) is 1.00. The molecule has 0 radical (unpaired) electrons. The third-order valence-electron chi connectivity index (χ3n) is 3.67. The van der Waals surface area contributed by atoms with E-state index < -0.39 is 0 Å². The van der Waals surface area contributed by atoms with Crippen molar-refractivity contribution in [2.75, 3.05) is 39.9 Å². The second-order valence-electron chi connectivity index (χ2n) is 5.93. The molecule has 1 fully saturated rings. The SMILES string of the molecule is COCCC(C)(C)CNCC(C)C1CNC1. The quantitative estimate of drug-likeness (QED) is 0.660. The van der Waals surface area contributed by atoms with Gasteiger partial charge in [0.05, 0.1) is 0 Å². The van der Waals surface area contributed by atoms with Crippen LogP contribution in [0.15, 0.2) is 0 Å². The molecule has 96 valence electrons. The maximum absolute atomic E-state index is 5.13. The molecule has 2 N–H and O–H groups in total. The summed E-state index contributed by atoms with van der Waals surface area (Å²) in [6.45, 7) is 12.4. The van der Waals surface area contributed by atoms with E-state index in [1.807, 2.05) is 0 Å². The molecular formula is C13H28N2O. The van der Waals surface area contributed by atoms with Gasteiger partial charge in [0.2, 0.25) is 0 Å². The molecule has 0 aromatic rings. The molecular weight excluding hydrogens is 200 g/mol. The Balaban J connectivity index is 2.08. The first kappa shape index (κ1) is 13.9. The van der Waals surface area contributed by atoms with Crippen LogP contribution >= 0.6 is 0 Å². The maximum Gasteiger partial charge on any atom is 0.0467 e. The van der Waals surface area contributed by atoms with Gasteiger partial charge in [-0.1, -0.05) is 20.8 Å². The van der Waals surface area contributed by atoms with E-state index in [0.717, 1.165) is 38.0 Å². The minimum atomic E-state index is 0.341. The Bertz CT molecular complexity index is 190. The Kier molecular flexibility index (Phi) is 5.73. The molecule has 16 heavy (non-hydrogen) atoms. The highest BCUT2D eigenvalue weighted by Crippen LogP contribution is 2.19. The summed E-state index contributed by atoms with van der Waals surface area (Å²) in [4.78, 5) is 0. The second kappa shape index (κ2) is 6.58. The van der Waals surface area contributed by atoms with E-state index in [0.29, 0.717) is 5.41 Å². The van der Waals surface area contributed by atoms with Crippen molar-refractivity contribution in [1.29, 1.82) is 0 Å². The molecule has 0 amide bonds. The standard InChI is InChI=1S/C13H28N2O/c1-11(12-8-14-9-12)7-15-10-13(2,3)5-6-16-4/h11-12,14-15H,5-10H2,1-4H3. The highest BCUT2D eigenvalue weighted by molar-refractivity contribution is 4.81. The molecule has 1 rings (SSSR count). The first-order valence-electron chi connectivity index (χ1n) is 6.45. The lowest BCUT2D eigenvalue weighted by molar-refractivity contribution is 0.148. The third kappa shape index (κ3) is 4.81. The van der Waals surface area contributed by atoms with Gasteiger partial charge in [0, 0.05) is 20.3 Å². The zero-order valence-corrected chi connectivity index (χ0v) is 11.3. The van der Waals surface area contributed by atoms with Gasteiger partial charge in [-0.05, 0) is 43.3 Å². The summed E-state index contributed by atoms with van der Waals surface area (Å²) >= 11 is 0. The van der Waals surface area contributed by atoms with Crippen LogP contribution in [0.4, 0.5) is 0 Å². The zero-order valence-electron chi connectivity index (χ0n) is 11.3. The van der Waals surface area contributed by atoms with Crippen molar-refractivity contribution >= 4 is 0 Å². The van der Waals surface area contributed by atoms with E-state index in [9.17, 15) is 0 Å².